The van der Waals surface area contributed by atoms with Crippen LogP contribution in [0.3, 0.4) is 0 Å². The van der Waals surface area contributed by atoms with Gasteiger partial charge in [-0.05, 0) is 69.9 Å². The number of nitrogens with one attached hydrogen (secondary N) is 2. The molecule has 2 aliphatic rings. The Morgan fingerprint density at radius 3 is 2.56 bits per heavy atom. The van der Waals surface area contributed by atoms with Crippen LogP contribution in [0.25, 0.3) is 11.0 Å². The van der Waals surface area contributed by atoms with Crippen LogP contribution in [0.15, 0.2) is 40.8 Å². The van der Waals surface area contributed by atoms with Crippen LogP contribution in [0.2, 0.25) is 0 Å². The van der Waals surface area contributed by atoms with Crippen LogP contribution < -0.4 is 20.1 Å². The Morgan fingerprint density at radius 1 is 1.18 bits per heavy atom. The van der Waals surface area contributed by atoms with Crippen LogP contribution in [0, 0.1) is 11.3 Å². The monoisotopic (exact) mass is 616 g/mol. The minimum Gasteiger partial charge on any atom is -0.496 e. The topological polar surface area (TPSA) is 143 Å². The van der Waals surface area contributed by atoms with Gasteiger partial charge >= 0.3 is 0 Å². The summed E-state index contributed by atoms with van der Waals surface area (Å²) in [5.74, 6) is -0.490. The second-order valence-corrected chi connectivity index (χ2v) is 12.2. The van der Waals surface area contributed by atoms with Crippen molar-refractivity contribution in [2.75, 3.05) is 20.8 Å². The first-order chi connectivity index (χ1) is 21.5. The fraction of sp³-hybridized carbons (Fsp3) is 0.471. The van der Waals surface area contributed by atoms with Gasteiger partial charge in [-0.15, -0.1) is 0 Å². The highest BCUT2D eigenvalue weighted by atomic mass is 16.5. The number of methoxy groups -OCH3 is 2. The van der Waals surface area contributed by atoms with Gasteiger partial charge in [0, 0.05) is 36.4 Å². The number of carbonyl (C=O) groups is 3. The molecule has 0 bridgehead atoms. The van der Waals surface area contributed by atoms with Crippen molar-refractivity contribution in [1.82, 2.24) is 15.5 Å². The molecule has 11 nitrogen and oxygen atoms in total. The summed E-state index contributed by atoms with van der Waals surface area (Å²) in [7, 11) is 3.12. The lowest BCUT2D eigenvalue weighted by Gasteiger charge is -2.48. The molecule has 0 spiro atoms. The maximum atomic E-state index is 14.3. The van der Waals surface area contributed by atoms with Crippen LogP contribution in [-0.2, 0) is 16.1 Å². The first kappa shape index (κ1) is 31.9. The molecule has 1 fully saturated rings. The number of nitrogens with zero attached hydrogens (tertiary/aromatic N) is 2. The molecule has 45 heavy (non-hydrogen) atoms. The quantitative estimate of drug-likeness (QED) is 0.334. The number of carbonyl (C=O) groups excluding carboxylic acids is 3. The van der Waals surface area contributed by atoms with Gasteiger partial charge in [0.2, 0.25) is 11.7 Å². The molecule has 0 radical (unpaired) electrons. The number of nitriles is 1. The zero-order valence-electron chi connectivity index (χ0n) is 26.6. The summed E-state index contributed by atoms with van der Waals surface area (Å²) < 4.78 is 23.3. The summed E-state index contributed by atoms with van der Waals surface area (Å²) in [6.45, 7) is 7.59. The standard InChI is InChI=1S/C34H40N4O7/c1-7-33(3,8-2)37-30(39)20-12-13-24-27(14-20)45-29-28(24)44-19-34(4,38(31(29)40)22-15-23(16-22)42-5)32(41)36-18-25-21(17-35)10-9-11-26(25)43-6/h9-14,22-23H,7-8,15-16,18-19H2,1-6H3,(H,36,41)(H,37,39). The molecule has 0 saturated heterocycles. The largest absolute Gasteiger partial charge is 0.496 e. The first-order valence-electron chi connectivity index (χ1n) is 15.2. The molecule has 2 heterocycles. The zero-order chi connectivity index (χ0) is 32.5. The molecule has 2 N–H and O–H groups in total. The molecule has 3 amide bonds. The summed E-state index contributed by atoms with van der Waals surface area (Å²) in [5, 5.41) is 16.2. The lowest BCUT2D eigenvalue weighted by atomic mass is 9.83. The number of benzene rings is 2. The fourth-order valence-electron chi connectivity index (χ4n) is 5.98. The summed E-state index contributed by atoms with van der Waals surface area (Å²) in [6.07, 6.45) is 2.60. The van der Waals surface area contributed by atoms with E-state index in [2.05, 4.69) is 16.7 Å². The Balaban J connectivity index is 1.47. The zero-order valence-corrected chi connectivity index (χ0v) is 26.6. The number of hydrogen-bond acceptors (Lipinski definition) is 8. The van der Waals surface area contributed by atoms with Gasteiger partial charge in [0.1, 0.15) is 17.9 Å². The Hall–Kier alpha value is -4.56. The number of hydrogen-bond donors (Lipinski definition) is 2. The number of fused-ring (bicyclic) bond motifs is 3. The van der Waals surface area contributed by atoms with E-state index in [0.29, 0.717) is 46.3 Å². The molecule has 1 aromatic heterocycles. The maximum absolute atomic E-state index is 14.3. The lowest BCUT2D eigenvalue weighted by Crippen LogP contribution is -2.66. The number of amides is 3. The average Bonchev–Trinajstić information content (AvgIpc) is 3.36. The Morgan fingerprint density at radius 2 is 1.91 bits per heavy atom. The van der Waals surface area contributed by atoms with Crippen molar-refractivity contribution < 1.29 is 33.0 Å². The van der Waals surface area contributed by atoms with E-state index in [1.54, 1.807) is 55.3 Å². The minimum absolute atomic E-state index is 0.0150. The van der Waals surface area contributed by atoms with E-state index < -0.39 is 17.4 Å². The second-order valence-electron chi connectivity index (χ2n) is 12.2. The molecule has 2 aromatic carbocycles. The lowest BCUT2D eigenvalue weighted by molar-refractivity contribution is -0.138. The molecule has 5 rings (SSSR count). The van der Waals surface area contributed by atoms with Gasteiger partial charge < -0.3 is 34.2 Å². The van der Waals surface area contributed by atoms with Gasteiger partial charge in [-0.25, -0.2) is 0 Å². The summed E-state index contributed by atoms with van der Waals surface area (Å²) in [6, 6.07) is 11.9. The van der Waals surface area contributed by atoms with E-state index in [1.165, 1.54) is 7.11 Å². The summed E-state index contributed by atoms with van der Waals surface area (Å²) in [5.41, 5.74) is -0.115. The van der Waals surface area contributed by atoms with Crippen molar-refractivity contribution in [3.05, 3.63) is 58.8 Å². The van der Waals surface area contributed by atoms with Crippen LogP contribution in [0.4, 0.5) is 0 Å². The average molecular weight is 617 g/mol. The molecule has 1 aliphatic heterocycles. The van der Waals surface area contributed by atoms with Crippen molar-refractivity contribution in [2.24, 2.45) is 0 Å². The third kappa shape index (κ3) is 5.71. The minimum atomic E-state index is -1.42. The second kappa shape index (κ2) is 12.4. The molecular weight excluding hydrogens is 576 g/mol. The Labute approximate surface area is 262 Å². The van der Waals surface area contributed by atoms with Gasteiger partial charge in [-0.3, -0.25) is 14.4 Å². The highest BCUT2D eigenvalue weighted by Crippen LogP contribution is 2.42. The van der Waals surface area contributed by atoms with E-state index in [4.69, 9.17) is 18.6 Å². The summed E-state index contributed by atoms with van der Waals surface area (Å²) >= 11 is 0. The van der Waals surface area contributed by atoms with E-state index >= 15 is 0 Å². The predicted octanol–water partition coefficient (Wildman–Crippen LogP) is 4.71. The number of furan rings is 1. The molecule has 238 valence electrons. The molecule has 1 atom stereocenters. The maximum Gasteiger partial charge on any atom is 0.294 e. The molecule has 11 heteroatoms. The smallest absolute Gasteiger partial charge is 0.294 e. The highest BCUT2D eigenvalue weighted by molar-refractivity contribution is 6.06. The van der Waals surface area contributed by atoms with E-state index in [1.807, 2.05) is 20.8 Å². The van der Waals surface area contributed by atoms with Gasteiger partial charge in [0.25, 0.3) is 11.8 Å². The van der Waals surface area contributed by atoms with Gasteiger partial charge in [0.05, 0.1) is 30.2 Å². The van der Waals surface area contributed by atoms with Crippen molar-refractivity contribution >= 4 is 28.7 Å². The van der Waals surface area contributed by atoms with E-state index in [0.717, 1.165) is 12.8 Å². The van der Waals surface area contributed by atoms with E-state index in [9.17, 15) is 19.6 Å². The van der Waals surface area contributed by atoms with Crippen LogP contribution >= 0.6 is 0 Å². The summed E-state index contributed by atoms with van der Waals surface area (Å²) in [4.78, 5) is 42.9. The number of rotatable bonds is 10. The van der Waals surface area contributed by atoms with E-state index in [-0.39, 0.29) is 48.3 Å². The van der Waals surface area contributed by atoms with Gasteiger partial charge in [-0.1, -0.05) is 19.9 Å². The van der Waals surface area contributed by atoms with Gasteiger partial charge in [0.15, 0.2) is 11.3 Å². The van der Waals surface area contributed by atoms with Crippen molar-refractivity contribution in [1.29, 1.82) is 5.26 Å². The number of ether oxygens (including phenoxy) is 3. The van der Waals surface area contributed by atoms with Crippen molar-refractivity contribution in [2.45, 2.75) is 83.1 Å². The highest BCUT2D eigenvalue weighted by Gasteiger charge is 2.53. The molecular formula is C34H40N4O7. The third-order valence-corrected chi connectivity index (χ3v) is 9.48. The van der Waals surface area contributed by atoms with Crippen LogP contribution in [0.5, 0.6) is 11.5 Å². The first-order valence-corrected chi connectivity index (χ1v) is 15.2. The van der Waals surface area contributed by atoms with Crippen LogP contribution in [-0.4, -0.2) is 66.7 Å². The Kier molecular flexibility index (Phi) is 8.81. The normalized spacial score (nSPS) is 21.2. The Bertz CT molecular complexity index is 1660. The van der Waals surface area contributed by atoms with Crippen molar-refractivity contribution in [3.63, 3.8) is 0 Å². The van der Waals surface area contributed by atoms with Crippen molar-refractivity contribution in [3.8, 4) is 17.6 Å². The fourth-order valence-corrected chi connectivity index (χ4v) is 5.98. The molecule has 3 aromatic rings. The third-order valence-electron chi connectivity index (χ3n) is 9.48. The van der Waals surface area contributed by atoms with Gasteiger partial charge in [-0.2, -0.15) is 5.26 Å². The SMILES string of the molecule is CCC(C)(CC)NC(=O)c1ccc2c3c(oc2c1)C(=O)N(C1CC(OC)C1)C(C)(C(=O)NCc1c(C#N)cccc1OC)CO3. The molecule has 1 aliphatic carbocycles. The molecule has 1 saturated carbocycles. The predicted molar refractivity (Wildman–Crippen MR) is 166 cm³/mol. The molecule has 1 unspecified atom stereocenters. The van der Waals surface area contributed by atoms with Crippen LogP contribution in [0.1, 0.15) is 85.4 Å².